The van der Waals surface area contributed by atoms with Gasteiger partial charge < -0.3 is 31.7 Å². The van der Waals surface area contributed by atoms with Gasteiger partial charge in [0.15, 0.2) is 11.6 Å². The number of nitrogens with two attached hydrogens (primary N) is 2. The van der Waals surface area contributed by atoms with Crippen molar-refractivity contribution in [2.45, 2.75) is 25.8 Å². The van der Waals surface area contributed by atoms with Crippen LogP contribution in [0.4, 0.5) is 5.69 Å². The highest BCUT2D eigenvalue weighted by molar-refractivity contribution is 6.22. The molecule has 0 saturated heterocycles. The number of carbonyl (C=O) groups excluding carboxylic acids is 3. The molecule has 0 spiro atoms. The van der Waals surface area contributed by atoms with Crippen LogP contribution in [0, 0.1) is 17.8 Å². The molecule has 2 aromatic rings. The van der Waals surface area contributed by atoms with Crippen LogP contribution in [0.2, 0.25) is 0 Å². The smallest absolute Gasteiger partial charge is 0.255 e. The van der Waals surface area contributed by atoms with Crippen LogP contribution >= 0.6 is 0 Å². The molecule has 0 radical (unpaired) electrons. The second-order valence-corrected chi connectivity index (χ2v) is 10.2. The van der Waals surface area contributed by atoms with Gasteiger partial charge in [-0.15, -0.1) is 0 Å². The zero-order valence-corrected chi connectivity index (χ0v) is 20.6. The van der Waals surface area contributed by atoms with E-state index in [2.05, 4.69) is 0 Å². The number of rotatable bonds is 4. The fourth-order valence-electron chi connectivity index (χ4n) is 6.12. The predicted molar refractivity (Wildman–Crippen MR) is 137 cm³/mol. The van der Waals surface area contributed by atoms with Crippen molar-refractivity contribution in [3.8, 4) is 16.9 Å². The molecule has 3 unspecified atom stereocenters. The standard InChI is InChI=1S/C28H29N3O6/c1-31(2)16-5-3-12(4-6-16)17-9-15(11-29)24(33)22-18(17)8-13-7-14-10-19(32)23(28(30)37)27(36)21(14)25(34)20(13)26(22)35/h3-6,9,13-14,21,32-34H,7-8,10-11,29H2,1-2H3,(H2,30,37). The van der Waals surface area contributed by atoms with Crippen molar-refractivity contribution in [3.05, 3.63) is 69.7 Å². The van der Waals surface area contributed by atoms with Gasteiger partial charge in [-0.1, -0.05) is 12.1 Å². The number of amides is 1. The van der Waals surface area contributed by atoms with Crippen molar-refractivity contribution in [1.82, 2.24) is 0 Å². The van der Waals surface area contributed by atoms with E-state index < -0.39 is 46.6 Å². The van der Waals surface area contributed by atoms with Crippen molar-refractivity contribution in [2.75, 3.05) is 19.0 Å². The molecule has 1 amide bonds. The van der Waals surface area contributed by atoms with Crippen LogP contribution < -0.4 is 16.4 Å². The van der Waals surface area contributed by atoms with E-state index in [9.17, 15) is 29.7 Å². The molecule has 0 heterocycles. The summed E-state index contributed by atoms with van der Waals surface area (Å²) in [4.78, 5) is 40.6. The zero-order valence-electron chi connectivity index (χ0n) is 20.6. The number of aromatic hydroxyl groups is 1. The normalized spacial score (nSPS) is 22.9. The highest BCUT2D eigenvalue weighted by Gasteiger charge is 2.50. The number of hydrogen-bond donors (Lipinski definition) is 5. The van der Waals surface area contributed by atoms with Gasteiger partial charge in [-0.3, -0.25) is 14.4 Å². The molecule has 0 aromatic heterocycles. The largest absolute Gasteiger partial charge is 0.511 e. The van der Waals surface area contributed by atoms with Crippen molar-refractivity contribution < 1.29 is 29.7 Å². The van der Waals surface area contributed by atoms with E-state index in [-0.39, 0.29) is 35.6 Å². The summed E-state index contributed by atoms with van der Waals surface area (Å²) in [6.45, 7) is -0.00113. The van der Waals surface area contributed by atoms with Crippen LogP contribution in [-0.2, 0) is 22.6 Å². The number of allylic oxidation sites excluding steroid dienone is 3. The molecule has 3 aliphatic carbocycles. The molecule has 9 nitrogen and oxygen atoms in total. The lowest BCUT2D eigenvalue weighted by Crippen LogP contribution is -2.43. The fraction of sp³-hybridized carbons (Fsp3) is 0.321. The number of anilines is 1. The van der Waals surface area contributed by atoms with Crippen LogP contribution in [0.1, 0.15) is 34.3 Å². The Kier molecular flexibility index (Phi) is 5.83. The molecular formula is C28H29N3O6. The highest BCUT2D eigenvalue weighted by atomic mass is 16.3. The van der Waals surface area contributed by atoms with Crippen LogP contribution in [0.25, 0.3) is 11.1 Å². The first-order chi connectivity index (χ1) is 17.5. The van der Waals surface area contributed by atoms with Gasteiger partial charge in [0.25, 0.3) is 5.91 Å². The average molecular weight is 504 g/mol. The Hall–Kier alpha value is -4.11. The van der Waals surface area contributed by atoms with Gasteiger partial charge in [-0.05, 0) is 59.6 Å². The predicted octanol–water partition coefficient (Wildman–Crippen LogP) is 2.66. The van der Waals surface area contributed by atoms with Crippen molar-refractivity contribution in [1.29, 1.82) is 0 Å². The number of primary amides is 1. The molecule has 0 bridgehead atoms. The number of phenolic OH excluding ortho intramolecular Hbond substituents is 1. The number of fused-ring (bicyclic) bond motifs is 3. The third-order valence-corrected chi connectivity index (χ3v) is 7.88. The van der Waals surface area contributed by atoms with Gasteiger partial charge in [-0.25, -0.2) is 0 Å². The molecule has 192 valence electrons. The van der Waals surface area contributed by atoms with Crippen LogP contribution in [0.5, 0.6) is 5.75 Å². The number of phenols is 1. The summed E-state index contributed by atoms with van der Waals surface area (Å²) >= 11 is 0. The SMILES string of the molecule is CN(C)c1ccc(-c2cc(CN)c(O)c3c2CC2CC4CC(O)=C(C(N)=O)C(=O)C4C(O)=C2C3=O)cc1. The Morgan fingerprint density at radius 1 is 1.08 bits per heavy atom. The molecule has 2 aromatic carbocycles. The van der Waals surface area contributed by atoms with Gasteiger partial charge in [0.1, 0.15) is 22.8 Å². The van der Waals surface area contributed by atoms with Crippen LogP contribution in [-0.4, -0.2) is 46.9 Å². The molecule has 0 aliphatic heterocycles. The van der Waals surface area contributed by atoms with Gasteiger partial charge in [0.05, 0.1) is 11.5 Å². The van der Waals surface area contributed by atoms with E-state index in [1.165, 1.54) is 0 Å². The number of aliphatic hydroxyl groups excluding tert-OH is 2. The first kappa shape index (κ1) is 24.6. The second kappa shape index (κ2) is 8.77. The Labute approximate surface area is 213 Å². The summed E-state index contributed by atoms with van der Waals surface area (Å²) in [7, 11) is 3.88. The second-order valence-electron chi connectivity index (χ2n) is 10.2. The van der Waals surface area contributed by atoms with Gasteiger partial charge in [0.2, 0.25) is 0 Å². The van der Waals surface area contributed by atoms with Crippen LogP contribution in [0.3, 0.4) is 0 Å². The molecule has 3 aliphatic rings. The third kappa shape index (κ3) is 3.69. The summed E-state index contributed by atoms with van der Waals surface area (Å²) in [5.74, 6) is -5.52. The summed E-state index contributed by atoms with van der Waals surface area (Å²) in [5, 5.41) is 32.6. The number of ketones is 2. The summed E-state index contributed by atoms with van der Waals surface area (Å²) in [6, 6.07) is 9.61. The summed E-state index contributed by atoms with van der Waals surface area (Å²) < 4.78 is 0. The lowest BCUT2D eigenvalue weighted by atomic mass is 9.62. The minimum Gasteiger partial charge on any atom is -0.511 e. The van der Waals surface area contributed by atoms with E-state index in [1.807, 2.05) is 43.3 Å². The lowest BCUT2D eigenvalue weighted by Gasteiger charge is -2.41. The number of benzene rings is 2. The molecule has 3 atom stereocenters. The molecule has 5 rings (SSSR count). The average Bonchev–Trinajstić information content (AvgIpc) is 2.83. The molecule has 9 heteroatoms. The number of Topliss-reactive ketones (excluding diaryl/α,β-unsaturated/α-hetero) is 2. The highest BCUT2D eigenvalue weighted by Crippen LogP contribution is 2.51. The van der Waals surface area contributed by atoms with Crippen molar-refractivity contribution in [2.24, 2.45) is 29.2 Å². The van der Waals surface area contributed by atoms with E-state index in [4.69, 9.17) is 11.5 Å². The number of nitrogens with zero attached hydrogens (tertiary/aromatic N) is 1. The lowest BCUT2D eigenvalue weighted by molar-refractivity contribution is -0.126. The molecule has 7 N–H and O–H groups in total. The van der Waals surface area contributed by atoms with E-state index in [0.717, 1.165) is 16.8 Å². The maximum Gasteiger partial charge on any atom is 0.255 e. The zero-order chi connectivity index (χ0) is 26.8. The Morgan fingerprint density at radius 3 is 2.35 bits per heavy atom. The van der Waals surface area contributed by atoms with E-state index >= 15 is 0 Å². The Balaban J connectivity index is 1.66. The van der Waals surface area contributed by atoms with E-state index in [0.29, 0.717) is 24.0 Å². The maximum absolute atomic E-state index is 13.8. The topological polar surface area (TPSA) is 167 Å². The number of aliphatic hydroxyl groups is 2. The first-order valence-corrected chi connectivity index (χ1v) is 12.1. The Morgan fingerprint density at radius 2 is 1.76 bits per heavy atom. The van der Waals surface area contributed by atoms with Crippen LogP contribution in [0.15, 0.2) is 53.0 Å². The Bertz CT molecular complexity index is 1420. The van der Waals surface area contributed by atoms with Gasteiger partial charge >= 0.3 is 0 Å². The molecular weight excluding hydrogens is 474 g/mol. The number of carbonyl (C=O) groups is 3. The van der Waals surface area contributed by atoms with Gasteiger partial charge in [-0.2, -0.15) is 0 Å². The fourth-order valence-corrected chi connectivity index (χ4v) is 6.12. The molecule has 0 fully saturated rings. The van der Waals surface area contributed by atoms with Crippen molar-refractivity contribution in [3.63, 3.8) is 0 Å². The maximum atomic E-state index is 13.8. The summed E-state index contributed by atoms with van der Waals surface area (Å²) in [6.07, 6.45) is 0.684. The van der Waals surface area contributed by atoms with E-state index in [1.54, 1.807) is 6.07 Å². The monoisotopic (exact) mass is 503 g/mol. The van der Waals surface area contributed by atoms with Gasteiger partial charge in [0, 0.05) is 43.9 Å². The minimum absolute atomic E-state index is 0.000215. The third-order valence-electron chi connectivity index (χ3n) is 7.88. The quantitative estimate of drug-likeness (QED) is 0.397. The summed E-state index contributed by atoms with van der Waals surface area (Å²) in [5.41, 5.74) is 14.5. The first-order valence-electron chi connectivity index (χ1n) is 12.1. The molecule has 0 saturated carbocycles. The molecule has 37 heavy (non-hydrogen) atoms. The van der Waals surface area contributed by atoms with Crippen molar-refractivity contribution >= 4 is 23.2 Å². The number of hydrogen-bond acceptors (Lipinski definition) is 8. The minimum atomic E-state index is -1.15.